The quantitative estimate of drug-likeness (QED) is 0.339. The van der Waals surface area contributed by atoms with Crippen LogP contribution in [0, 0.1) is 6.92 Å². The third-order valence-electron chi connectivity index (χ3n) is 6.25. The molecule has 0 radical (unpaired) electrons. The molecule has 35 heavy (non-hydrogen) atoms. The van der Waals surface area contributed by atoms with E-state index in [0.29, 0.717) is 25.2 Å². The van der Waals surface area contributed by atoms with Crippen molar-refractivity contribution in [2.24, 2.45) is 0 Å². The molecule has 0 spiro atoms. The summed E-state index contributed by atoms with van der Waals surface area (Å²) >= 11 is 0. The van der Waals surface area contributed by atoms with Crippen molar-refractivity contribution in [2.75, 3.05) is 0 Å². The minimum absolute atomic E-state index is 0.0792. The third kappa shape index (κ3) is 5.07. The second-order valence-electron chi connectivity index (χ2n) is 8.80. The number of tetrazole rings is 1. The molecule has 0 aliphatic carbocycles. The normalized spacial score (nSPS) is 12.4. The summed E-state index contributed by atoms with van der Waals surface area (Å²) < 4.78 is 7.29. The van der Waals surface area contributed by atoms with Crippen LogP contribution >= 0.6 is 0 Å². The molecule has 0 fully saturated rings. The number of aromatic amines is 1. The van der Waals surface area contributed by atoms with Crippen LogP contribution in [0.1, 0.15) is 47.7 Å². The van der Waals surface area contributed by atoms with Gasteiger partial charge in [-0.1, -0.05) is 48.9 Å². The lowest BCUT2D eigenvalue weighted by molar-refractivity contribution is 0.161. The number of H-pyrrole nitrogens is 1. The molecule has 1 N–H and O–H groups in total. The average molecular weight is 469 g/mol. The minimum atomic E-state index is -0.104. The highest BCUT2D eigenvalue weighted by Crippen LogP contribution is 2.27. The topological polar surface area (TPSA) is 92.8 Å². The van der Waals surface area contributed by atoms with E-state index in [9.17, 15) is 4.79 Å². The van der Waals surface area contributed by atoms with Gasteiger partial charge in [-0.25, -0.2) is 4.68 Å². The van der Waals surface area contributed by atoms with Crippen LogP contribution in [0.2, 0.25) is 0 Å². The van der Waals surface area contributed by atoms with Crippen molar-refractivity contribution in [1.29, 1.82) is 0 Å². The summed E-state index contributed by atoms with van der Waals surface area (Å²) in [5.41, 5.74) is 3.78. The fraction of sp³-hybridized carbons (Fsp3) is 0.259. The van der Waals surface area contributed by atoms with Gasteiger partial charge in [0, 0.05) is 24.2 Å². The van der Waals surface area contributed by atoms with E-state index >= 15 is 0 Å². The van der Waals surface area contributed by atoms with E-state index < -0.39 is 0 Å². The van der Waals surface area contributed by atoms with Crippen molar-refractivity contribution in [2.45, 2.75) is 45.9 Å². The number of aryl methyl sites for hydroxylation is 1. The number of furan rings is 1. The summed E-state index contributed by atoms with van der Waals surface area (Å²) in [4.78, 5) is 18.4. The molecule has 3 aromatic heterocycles. The molecule has 0 amide bonds. The summed E-state index contributed by atoms with van der Waals surface area (Å²) in [6, 6.07) is 22.0. The third-order valence-corrected chi connectivity index (χ3v) is 6.25. The Balaban J connectivity index is 1.52. The molecule has 0 bridgehead atoms. The Morgan fingerprint density at radius 2 is 1.91 bits per heavy atom. The fourth-order valence-electron chi connectivity index (χ4n) is 4.52. The van der Waals surface area contributed by atoms with Crippen molar-refractivity contribution >= 4 is 10.9 Å². The van der Waals surface area contributed by atoms with Gasteiger partial charge in [-0.3, -0.25) is 9.69 Å². The van der Waals surface area contributed by atoms with Gasteiger partial charge in [-0.15, -0.1) is 5.10 Å². The molecule has 0 aliphatic heterocycles. The number of nitrogens with zero attached hydrogens (tertiary/aromatic N) is 5. The Hall–Kier alpha value is -4.04. The number of aromatic nitrogens is 5. The molecule has 5 rings (SSSR count). The van der Waals surface area contributed by atoms with Crippen molar-refractivity contribution in [1.82, 2.24) is 30.1 Å². The Bertz CT molecular complexity index is 1460. The average Bonchev–Trinajstić information content (AvgIpc) is 3.54. The summed E-state index contributed by atoms with van der Waals surface area (Å²) in [5, 5.41) is 13.6. The van der Waals surface area contributed by atoms with Crippen LogP contribution in [-0.4, -0.2) is 30.1 Å². The van der Waals surface area contributed by atoms with Crippen molar-refractivity contribution in [3.05, 3.63) is 112 Å². The molecule has 2 aromatic carbocycles. The number of pyridine rings is 1. The van der Waals surface area contributed by atoms with Gasteiger partial charge >= 0.3 is 0 Å². The molecule has 0 saturated heterocycles. The van der Waals surface area contributed by atoms with Crippen molar-refractivity contribution in [3.63, 3.8) is 0 Å². The zero-order chi connectivity index (χ0) is 24.2. The highest BCUT2D eigenvalue weighted by atomic mass is 16.3. The van der Waals surface area contributed by atoms with Gasteiger partial charge < -0.3 is 9.40 Å². The van der Waals surface area contributed by atoms with Gasteiger partial charge in [0.1, 0.15) is 12.3 Å². The molecule has 0 aliphatic rings. The maximum atomic E-state index is 13.0. The van der Waals surface area contributed by atoms with Crippen LogP contribution in [0.5, 0.6) is 0 Å². The summed E-state index contributed by atoms with van der Waals surface area (Å²) in [5.74, 6) is 1.53. The van der Waals surface area contributed by atoms with Gasteiger partial charge in [0.05, 0.1) is 12.3 Å². The molecular formula is C27H28N6O2. The van der Waals surface area contributed by atoms with E-state index in [4.69, 9.17) is 4.42 Å². The number of hydrogen-bond acceptors (Lipinski definition) is 6. The van der Waals surface area contributed by atoms with E-state index in [1.807, 2.05) is 48.5 Å². The minimum Gasteiger partial charge on any atom is -0.467 e. The van der Waals surface area contributed by atoms with E-state index in [1.54, 1.807) is 10.9 Å². The lowest BCUT2D eigenvalue weighted by Crippen LogP contribution is -2.32. The van der Waals surface area contributed by atoms with Crippen LogP contribution in [0.4, 0.5) is 0 Å². The molecule has 1 atom stereocenters. The van der Waals surface area contributed by atoms with Gasteiger partial charge in [0.2, 0.25) is 0 Å². The van der Waals surface area contributed by atoms with Crippen LogP contribution in [0.15, 0.2) is 82.2 Å². The fourth-order valence-corrected chi connectivity index (χ4v) is 4.52. The molecule has 0 saturated carbocycles. The lowest BCUT2D eigenvalue weighted by atomic mass is 10.1. The smallest absolute Gasteiger partial charge is 0.252 e. The van der Waals surface area contributed by atoms with Gasteiger partial charge in [0.15, 0.2) is 5.82 Å². The zero-order valence-corrected chi connectivity index (χ0v) is 19.9. The molecule has 8 nitrogen and oxygen atoms in total. The lowest BCUT2D eigenvalue weighted by Gasteiger charge is -2.30. The number of benzene rings is 2. The Morgan fingerprint density at radius 3 is 2.69 bits per heavy atom. The molecule has 3 heterocycles. The molecule has 0 unspecified atom stereocenters. The molecule has 178 valence electrons. The molecular weight excluding hydrogens is 440 g/mol. The van der Waals surface area contributed by atoms with E-state index in [2.05, 4.69) is 57.5 Å². The largest absolute Gasteiger partial charge is 0.467 e. The zero-order valence-electron chi connectivity index (χ0n) is 19.9. The van der Waals surface area contributed by atoms with Crippen molar-refractivity contribution < 1.29 is 4.42 Å². The number of rotatable bonds is 9. The van der Waals surface area contributed by atoms with Crippen LogP contribution in [0.25, 0.3) is 10.9 Å². The van der Waals surface area contributed by atoms with Gasteiger partial charge in [-0.05, 0) is 65.1 Å². The van der Waals surface area contributed by atoms with Gasteiger partial charge in [-0.2, -0.15) is 0 Å². The Labute approximate surface area is 203 Å². The SMILES string of the molecule is CC[C@H](c1nnnn1Cc1ccco1)N(Cc1ccccc1)Cc1cc2cc(C)ccc2[nH]c1=O. The van der Waals surface area contributed by atoms with Crippen LogP contribution in [0.3, 0.4) is 0 Å². The first-order chi connectivity index (χ1) is 17.1. The van der Waals surface area contributed by atoms with Crippen LogP contribution < -0.4 is 5.56 Å². The predicted molar refractivity (Wildman–Crippen MR) is 134 cm³/mol. The number of nitrogens with one attached hydrogen (secondary N) is 1. The standard InChI is InChI=1S/C27H28N6O2/c1-3-25(26-29-30-31-33(26)18-23-10-7-13-35-23)32(16-20-8-5-4-6-9-20)17-22-15-21-14-19(2)11-12-24(21)28-27(22)34/h4-15,25H,3,16-18H2,1-2H3,(H,28,34)/t25-/m1/s1. The van der Waals surface area contributed by atoms with Gasteiger partial charge in [0.25, 0.3) is 5.56 Å². The maximum Gasteiger partial charge on any atom is 0.252 e. The van der Waals surface area contributed by atoms with E-state index in [-0.39, 0.29) is 11.6 Å². The highest BCUT2D eigenvalue weighted by molar-refractivity contribution is 5.79. The number of fused-ring (bicyclic) bond motifs is 1. The summed E-state index contributed by atoms with van der Waals surface area (Å²) in [6.07, 6.45) is 2.42. The monoisotopic (exact) mass is 468 g/mol. The summed E-state index contributed by atoms with van der Waals surface area (Å²) in [7, 11) is 0. The molecule has 8 heteroatoms. The van der Waals surface area contributed by atoms with E-state index in [1.165, 1.54) is 0 Å². The Kier molecular flexibility index (Phi) is 6.54. The number of hydrogen-bond donors (Lipinski definition) is 1. The molecule has 5 aromatic rings. The van der Waals surface area contributed by atoms with Crippen molar-refractivity contribution in [3.8, 4) is 0 Å². The predicted octanol–water partition coefficient (Wildman–Crippen LogP) is 4.62. The first kappa shape index (κ1) is 22.7. The summed E-state index contributed by atoms with van der Waals surface area (Å²) in [6.45, 7) is 5.72. The Morgan fingerprint density at radius 1 is 1.06 bits per heavy atom. The van der Waals surface area contributed by atoms with E-state index in [0.717, 1.165) is 40.0 Å². The second-order valence-corrected chi connectivity index (χ2v) is 8.80. The second kappa shape index (κ2) is 10.1. The highest BCUT2D eigenvalue weighted by Gasteiger charge is 2.26. The maximum absolute atomic E-state index is 13.0. The first-order valence-corrected chi connectivity index (χ1v) is 11.8. The van der Waals surface area contributed by atoms with Crippen LogP contribution in [-0.2, 0) is 19.6 Å². The first-order valence-electron chi connectivity index (χ1n) is 11.8.